The Balaban J connectivity index is 1.61. The summed E-state index contributed by atoms with van der Waals surface area (Å²) < 4.78 is 15.5. The average Bonchev–Trinajstić information content (AvgIpc) is 2.74. The van der Waals surface area contributed by atoms with Gasteiger partial charge in [0.1, 0.15) is 17.2 Å². The van der Waals surface area contributed by atoms with E-state index in [1.54, 1.807) is 87.0 Å². The lowest BCUT2D eigenvalue weighted by atomic mass is 10.1. The third-order valence-electron chi connectivity index (χ3n) is 4.00. The van der Waals surface area contributed by atoms with Crippen LogP contribution in [-0.4, -0.2) is 26.1 Å². The highest BCUT2D eigenvalue weighted by molar-refractivity contribution is 6.04. The fourth-order valence-electron chi connectivity index (χ4n) is 2.45. The standard InChI is InChI=1S/C22H19NO5/c1-26-18-9-5-15(6-10-18)21(24)23-17-7-3-16(4-8-17)22(25)28-20-13-11-19(27-2)12-14-20/h3-14H,1-2H3,(H,23,24). The summed E-state index contributed by atoms with van der Waals surface area (Å²) in [5.74, 6) is 1.03. The summed E-state index contributed by atoms with van der Waals surface area (Å²) >= 11 is 0. The molecule has 142 valence electrons. The summed E-state index contributed by atoms with van der Waals surface area (Å²) in [5.41, 5.74) is 1.45. The summed E-state index contributed by atoms with van der Waals surface area (Å²) in [5, 5.41) is 2.78. The number of anilines is 1. The van der Waals surface area contributed by atoms with Crippen LogP contribution in [0.15, 0.2) is 72.8 Å². The summed E-state index contributed by atoms with van der Waals surface area (Å²) in [6, 6.07) is 20.0. The van der Waals surface area contributed by atoms with Crippen LogP contribution in [-0.2, 0) is 0 Å². The smallest absolute Gasteiger partial charge is 0.343 e. The monoisotopic (exact) mass is 377 g/mol. The van der Waals surface area contributed by atoms with Gasteiger partial charge in [-0.05, 0) is 72.8 Å². The van der Waals surface area contributed by atoms with E-state index in [0.29, 0.717) is 34.1 Å². The fourth-order valence-corrected chi connectivity index (χ4v) is 2.45. The molecular formula is C22H19NO5. The van der Waals surface area contributed by atoms with Crippen molar-refractivity contribution >= 4 is 17.6 Å². The first-order chi connectivity index (χ1) is 13.6. The first-order valence-electron chi connectivity index (χ1n) is 8.51. The van der Waals surface area contributed by atoms with E-state index < -0.39 is 5.97 Å². The molecule has 0 radical (unpaired) electrons. The number of carbonyl (C=O) groups is 2. The number of carbonyl (C=O) groups excluding carboxylic acids is 2. The van der Waals surface area contributed by atoms with Crippen LogP contribution in [0.1, 0.15) is 20.7 Å². The molecule has 3 aromatic carbocycles. The molecule has 1 N–H and O–H groups in total. The SMILES string of the molecule is COc1ccc(OC(=O)c2ccc(NC(=O)c3ccc(OC)cc3)cc2)cc1. The Hall–Kier alpha value is -3.80. The third kappa shape index (κ3) is 4.67. The first-order valence-corrected chi connectivity index (χ1v) is 8.51. The van der Waals surface area contributed by atoms with Crippen LogP contribution in [0.4, 0.5) is 5.69 Å². The minimum absolute atomic E-state index is 0.254. The maximum Gasteiger partial charge on any atom is 0.343 e. The lowest BCUT2D eigenvalue weighted by Crippen LogP contribution is -2.12. The quantitative estimate of drug-likeness (QED) is 0.515. The number of nitrogens with one attached hydrogen (secondary N) is 1. The normalized spacial score (nSPS) is 10.1. The van der Waals surface area contributed by atoms with Crippen LogP contribution in [0.2, 0.25) is 0 Å². The summed E-state index contributed by atoms with van der Waals surface area (Å²) in [7, 11) is 3.13. The Morgan fingerprint density at radius 2 is 1.11 bits per heavy atom. The Morgan fingerprint density at radius 3 is 1.64 bits per heavy atom. The minimum Gasteiger partial charge on any atom is -0.497 e. The molecule has 6 nitrogen and oxygen atoms in total. The van der Waals surface area contributed by atoms with Gasteiger partial charge in [-0.15, -0.1) is 0 Å². The number of esters is 1. The van der Waals surface area contributed by atoms with Gasteiger partial charge in [-0.3, -0.25) is 4.79 Å². The van der Waals surface area contributed by atoms with Gasteiger partial charge < -0.3 is 19.5 Å². The second-order valence-corrected chi connectivity index (χ2v) is 5.83. The largest absolute Gasteiger partial charge is 0.497 e. The molecule has 0 saturated heterocycles. The molecule has 0 atom stereocenters. The molecule has 0 saturated carbocycles. The number of ether oxygens (including phenoxy) is 3. The number of hydrogen-bond acceptors (Lipinski definition) is 5. The van der Waals surface area contributed by atoms with E-state index in [1.165, 1.54) is 0 Å². The lowest BCUT2D eigenvalue weighted by molar-refractivity contribution is 0.0734. The molecule has 0 aliphatic heterocycles. The lowest BCUT2D eigenvalue weighted by Gasteiger charge is -2.08. The topological polar surface area (TPSA) is 73.9 Å². The molecule has 1 amide bonds. The maximum absolute atomic E-state index is 12.3. The predicted octanol–water partition coefficient (Wildman–Crippen LogP) is 4.18. The average molecular weight is 377 g/mol. The van der Waals surface area contributed by atoms with Crippen molar-refractivity contribution in [1.82, 2.24) is 0 Å². The van der Waals surface area contributed by atoms with Gasteiger partial charge >= 0.3 is 5.97 Å². The molecule has 0 heterocycles. The van der Waals surface area contributed by atoms with E-state index in [4.69, 9.17) is 14.2 Å². The Bertz CT molecular complexity index is 948. The molecule has 0 fully saturated rings. The molecule has 28 heavy (non-hydrogen) atoms. The number of benzene rings is 3. The van der Waals surface area contributed by atoms with Crippen molar-refractivity contribution in [3.05, 3.63) is 83.9 Å². The molecule has 6 heteroatoms. The van der Waals surface area contributed by atoms with Gasteiger partial charge in [0, 0.05) is 11.3 Å². The van der Waals surface area contributed by atoms with Crippen LogP contribution >= 0.6 is 0 Å². The van der Waals surface area contributed by atoms with E-state index in [9.17, 15) is 9.59 Å². The molecule has 0 unspecified atom stereocenters. The molecule has 0 aliphatic carbocycles. The van der Waals surface area contributed by atoms with Crippen LogP contribution in [0.25, 0.3) is 0 Å². The molecule has 0 aliphatic rings. The van der Waals surface area contributed by atoms with E-state index in [0.717, 1.165) is 0 Å². The highest BCUT2D eigenvalue weighted by Gasteiger charge is 2.10. The van der Waals surface area contributed by atoms with Crippen molar-refractivity contribution in [3.8, 4) is 17.2 Å². The Labute approximate surface area is 162 Å². The molecule has 3 aromatic rings. The molecule has 0 aromatic heterocycles. The van der Waals surface area contributed by atoms with Gasteiger partial charge in [0.15, 0.2) is 0 Å². The highest BCUT2D eigenvalue weighted by Crippen LogP contribution is 2.19. The van der Waals surface area contributed by atoms with Gasteiger partial charge in [0.25, 0.3) is 5.91 Å². The Kier molecular flexibility index (Phi) is 5.91. The van der Waals surface area contributed by atoms with Gasteiger partial charge in [-0.2, -0.15) is 0 Å². The van der Waals surface area contributed by atoms with Gasteiger partial charge in [-0.1, -0.05) is 0 Å². The van der Waals surface area contributed by atoms with Crippen LogP contribution in [0.3, 0.4) is 0 Å². The number of amides is 1. The van der Waals surface area contributed by atoms with Crippen molar-refractivity contribution in [3.63, 3.8) is 0 Å². The van der Waals surface area contributed by atoms with Crippen molar-refractivity contribution < 1.29 is 23.8 Å². The van der Waals surface area contributed by atoms with Gasteiger partial charge in [0.05, 0.1) is 19.8 Å². The molecular weight excluding hydrogens is 358 g/mol. The number of hydrogen-bond donors (Lipinski definition) is 1. The zero-order valence-corrected chi connectivity index (χ0v) is 15.5. The molecule has 0 spiro atoms. The zero-order valence-electron chi connectivity index (χ0n) is 15.5. The maximum atomic E-state index is 12.3. The van der Waals surface area contributed by atoms with Gasteiger partial charge in [-0.25, -0.2) is 4.79 Å². The van der Waals surface area contributed by atoms with E-state index >= 15 is 0 Å². The number of rotatable bonds is 6. The van der Waals surface area contributed by atoms with E-state index in [-0.39, 0.29) is 5.91 Å². The van der Waals surface area contributed by atoms with Crippen LogP contribution < -0.4 is 19.5 Å². The highest BCUT2D eigenvalue weighted by atomic mass is 16.5. The zero-order chi connectivity index (χ0) is 19.9. The van der Waals surface area contributed by atoms with E-state index in [2.05, 4.69) is 5.32 Å². The van der Waals surface area contributed by atoms with Crippen molar-refractivity contribution in [2.24, 2.45) is 0 Å². The summed E-state index contributed by atoms with van der Waals surface area (Å²) in [6.07, 6.45) is 0. The minimum atomic E-state index is -0.488. The number of methoxy groups -OCH3 is 2. The molecule has 0 bridgehead atoms. The molecule has 3 rings (SSSR count). The predicted molar refractivity (Wildman–Crippen MR) is 105 cm³/mol. The Morgan fingerprint density at radius 1 is 0.643 bits per heavy atom. The van der Waals surface area contributed by atoms with Crippen LogP contribution in [0.5, 0.6) is 17.2 Å². The van der Waals surface area contributed by atoms with E-state index in [1.807, 2.05) is 0 Å². The second-order valence-electron chi connectivity index (χ2n) is 5.83. The van der Waals surface area contributed by atoms with Gasteiger partial charge in [0.2, 0.25) is 0 Å². The van der Waals surface area contributed by atoms with Crippen molar-refractivity contribution in [1.29, 1.82) is 0 Å². The summed E-state index contributed by atoms with van der Waals surface area (Å²) in [6.45, 7) is 0. The fraction of sp³-hybridized carbons (Fsp3) is 0.0909. The first kappa shape index (κ1) is 19.0. The van der Waals surface area contributed by atoms with Crippen molar-refractivity contribution in [2.75, 3.05) is 19.5 Å². The summed E-state index contributed by atoms with van der Waals surface area (Å²) in [4.78, 5) is 24.5. The van der Waals surface area contributed by atoms with Crippen LogP contribution in [0, 0.1) is 0 Å². The second kappa shape index (κ2) is 8.73. The third-order valence-corrected chi connectivity index (χ3v) is 4.00. The van der Waals surface area contributed by atoms with Crippen molar-refractivity contribution in [2.45, 2.75) is 0 Å².